The van der Waals surface area contributed by atoms with Crippen molar-refractivity contribution in [2.75, 3.05) is 24.3 Å². The molecule has 0 fully saturated rings. The van der Waals surface area contributed by atoms with Crippen LogP contribution in [0.1, 0.15) is 21.3 Å². The molecule has 0 unspecified atom stereocenters. The molecule has 7 heteroatoms. The molecular weight excluding hydrogens is 296 g/mol. The number of aromatic nitrogens is 4. The Balaban J connectivity index is 1.94. The summed E-state index contributed by atoms with van der Waals surface area (Å²) in [6, 6.07) is 2.06. The fourth-order valence-electron chi connectivity index (χ4n) is 2.24. The molecule has 3 aromatic rings. The number of hydrogen-bond acceptors (Lipinski definition) is 6. The van der Waals surface area contributed by atoms with Crippen molar-refractivity contribution >= 4 is 34.1 Å². The van der Waals surface area contributed by atoms with Gasteiger partial charge in [-0.25, -0.2) is 4.98 Å². The Labute approximate surface area is 133 Å². The van der Waals surface area contributed by atoms with Gasteiger partial charge in [-0.3, -0.25) is 0 Å². The van der Waals surface area contributed by atoms with Crippen molar-refractivity contribution in [1.82, 2.24) is 19.9 Å². The summed E-state index contributed by atoms with van der Waals surface area (Å²) in [7, 11) is 3.88. The average molecular weight is 316 g/mol. The van der Waals surface area contributed by atoms with Crippen LogP contribution in [0, 0.1) is 20.8 Å². The van der Waals surface area contributed by atoms with Crippen LogP contribution in [0.3, 0.4) is 0 Å². The molecule has 0 amide bonds. The van der Waals surface area contributed by atoms with Crippen LogP contribution in [-0.4, -0.2) is 34.0 Å². The van der Waals surface area contributed by atoms with Gasteiger partial charge in [0.15, 0.2) is 0 Å². The summed E-state index contributed by atoms with van der Waals surface area (Å²) >= 11 is 1.72. The van der Waals surface area contributed by atoms with Gasteiger partial charge in [0, 0.05) is 24.7 Å². The van der Waals surface area contributed by atoms with Gasteiger partial charge in [-0.1, -0.05) is 0 Å². The summed E-state index contributed by atoms with van der Waals surface area (Å²) in [6.45, 7) is 6.83. The van der Waals surface area contributed by atoms with Crippen LogP contribution in [0.5, 0.6) is 0 Å². The van der Waals surface area contributed by atoms with Gasteiger partial charge in [0.05, 0.1) is 17.6 Å². The van der Waals surface area contributed by atoms with Crippen LogP contribution in [0.2, 0.25) is 0 Å². The van der Waals surface area contributed by atoms with Crippen LogP contribution in [0.4, 0.5) is 11.8 Å². The third-order valence-electron chi connectivity index (χ3n) is 3.49. The van der Waals surface area contributed by atoms with Crippen molar-refractivity contribution in [2.45, 2.75) is 27.3 Å². The maximum atomic E-state index is 4.62. The summed E-state index contributed by atoms with van der Waals surface area (Å²) in [5.74, 6) is 1.52. The third kappa shape index (κ3) is 2.76. The molecule has 2 N–H and O–H groups in total. The first-order chi connectivity index (χ1) is 10.4. The second-order valence-corrected chi connectivity index (χ2v) is 6.87. The van der Waals surface area contributed by atoms with E-state index in [1.165, 1.54) is 4.88 Å². The predicted octanol–water partition coefficient (Wildman–Crippen LogP) is 3.02. The highest BCUT2D eigenvalue weighted by atomic mass is 32.1. The van der Waals surface area contributed by atoms with E-state index in [0.29, 0.717) is 12.5 Å². The Morgan fingerprint density at radius 2 is 1.95 bits per heavy atom. The lowest BCUT2D eigenvalue weighted by Crippen LogP contribution is -2.14. The number of anilines is 2. The van der Waals surface area contributed by atoms with Crippen molar-refractivity contribution in [2.24, 2.45) is 0 Å². The van der Waals surface area contributed by atoms with E-state index >= 15 is 0 Å². The molecule has 0 atom stereocenters. The normalized spacial score (nSPS) is 11.1. The zero-order chi connectivity index (χ0) is 15.9. The molecule has 0 aromatic carbocycles. The first-order valence-electron chi connectivity index (χ1n) is 7.15. The van der Waals surface area contributed by atoms with Gasteiger partial charge in [-0.05, 0) is 26.8 Å². The fourth-order valence-corrected chi connectivity index (χ4v) is 3.11. The standard InChI is InChI=1S/C15H20N6S/c1-8-6-11-13(16-7-12-18-9(2)10(3)22-12)19-15(21(4)5)20-14(11)17-8/h6H,7H2,1-5H3,(H2,16,17,19,20). The highest BCUT2D eigenvalue weighted by molar-refractivity contribution is 7.11. The lowest BCUT2D eigenvalue weighted by Gasteiger charge is -2.12. The van der Waals surface area contributed by atoms with Crippen molar-refractivity contribution in [1.29, 1.82) is 0 Å². The predicted molar refractivity (Wildman–Crippen MR) is 91.9 cm³/mol. The van der Waals surface area contributed by atoms with E-state index in [0.717, 1.165) is 33.2 Å². The van der Waals surface area contributed by atoms with Gasteiger partial charge in [0.1, 0.15) is 16.5 Å². The number of rotatable bonds is 4. The number of nitrogens with zero attached hydrogens (tertiary/aromatic N) is 4. The van der Waals surface area contributed by atoms with E-state index in [-0.39, 0.29) is 0 Å². The van der Waals surface area contributed by atoms with Crippen molar-refractivity contribution in [3.63, 3.8) is 0 Å². The topological polar surface area (TPSA) is 69.7 Å². The molecular formula is C15H20N6S. The van der Waals surface area contributed by atoms with Gasteiger partial charge in [-0.15, -0.1) is 11.3 Å². The number of aromatic amines is 1. The molecule has 0 saturated carbocycles. The number of thiazole rings is 1. The second kappa shape index (κ2) is 5.57. The Bertz CT molecular complexity index is 797. The highest BCUT2D eigenvalue weighted by Crippen LogP contribution is 2.25. The van der Waals surface area contributed by atoms with E-state index in [1.54, 1.807) is 11.3 Å². The summed E-state index contributed by atoms with van der Waals surface area (Å²) in [6.07, 6.45) is 0. The molecule has 0 aliphatic carbocycles. The van der Waals surface area contributed by atoms with Gasteiger partial charge < -0.3 is 15.2 Å². The van der Waals surface area contributed by atoms with Gasteiger partial charge >= 0.3 is 0 Å². The quantitative estimate of drug-likeness (QED) is 0.774. The monoisotopic (exact) mass is 316 g/mol. The highest BCUT2D eigenvalue weighted by Gasteiger charge is 2.12. The van der Waals surface area contributed by atoms with Crippen molar-refractivity contribution < 1.29 is 0 Å². The average Bonchev–Trinajstić information content (AvgIpc) is 2.98. The van der Waals surface area contributed by atoms with Gasteiger partial charge in [0.25, 0.3) is 0 Å². The van der Waals surface area contributed by atoms with Crippen LogP contribution in [0.15, 0.2) is 6.07 Å². The fraction of sp³-hybridized carbons (Fsp3) is 0.400. The molecule has 0 bridgehead atoms. The smallest absolute Gasteiger partial charge is 0.228 e. The Morgan fingerprint density at radius 1 is 1.18 bits per heavy atom. The minimum Gasteiger partial charge on any atom is -0.363 e. The molecule has 22 heavy (non-hydrogen) atoms. The SMILES string of the molecule is Cc1cc2c(NCc3nc(C)c(C)s3)nc(N(C)C)nc2[nH]1. The van der Waals surface area contributed by atoms with Crippen LogP contribution < -0.4 is 10.2 Å². The molecule has 0 radical (unpaired) electrons. The largest absolute Gasteiger partial charge is 0.363 e. The number of fused-ring (bicyclic) bond motifs is 1. The Kier molecular flexibility index (Phi) is 3.74. The van der Waals surface area contributed by atoms with Crippen LogP contribution >= 0.6 is 11.3 Å². The number of hydrogen-bond donors (Lipinski definition) is 2. The lowest BCUT2D eigenvalue weighted by atomic mass is 10.3. The van der Waals surface area contributed by atoms with E-state index in [4.69, 9.17) is 0 Å². The molecule has 3 rings (SSSR count). The van der Waals surface area contributed by atoms with E-state index in [1.807, 2.05) is 32.8 Å². The second-order valence-electron chi connectivity index (χ2n) is 5.58. The summed E-state index contributed by atoms with van der Waals surface area (Å²) in [5.41, 5.74) is 3.02. The molecule has 6 nitrogen and oxygen atoms in total. The molecule has 116 valence electrons. The Hall–Kier alpha value is -2.15. The van der Waals surface area contributed by atoms with Crippen molar-refractivity contribution in [3.05, 3.63) is 27.3 Å². The van der Waals surface area contributed by atoms with E-state index in [9.17, 15) is 0 Å². The van der Waals surface area contributed by atoms with Crippen molar-refractivity contribution in [3.8, 4) is 0 Å². The van der Waals surface area contributed by atoms with Crippen LogP contribution in [-0.2, 0) is 6.54 Å². The molecule has 3 aromatic heterocycles. The zero-order valence-corrected chi connectivity index (χ0v) is 14.3. The molecule has 0 aliphatic heterocycles. The van der Waals surface area contributed by atoms with Gasteiger partial charge in [-0.2, -0.15) is 9.97 Å². The summed E-state index contributed by atoms with van der Waals surface area (Å²) in [5, 5.41) is 5.48. The third-order valence-corrected chi connectivity index (χ3v) is 4.56. The van der Waals surface area contributed by atoms with E-state index in [2.05, 4.69) is 38.2 Å². The molecule has 3 heterocycles. The first kappa shape index (κ1) is 14.8. The lowest BCUT2D eigenvalue weighted by molar-refractivity contribution is 0.996. The summed E-state index contributed by atoms with van der Waals surface area (Å²) in [4.78, 5) is 20.2. The number of nitrogens with one attached hydrogen (secondary N) is 2. The first-order valence-corrected chi connectivity index (χ1v) is 7.97. The minimum atomic E-state index is 0.669. The number of H-pyrrole nitrogens is 1. The maximum absolute atomic E-state index is 4.62. The minimum absolute atomic E-state index is 0.669. The molecule has 0 aliphatic rings. The Morgan fingerprint density at radius 3 is 2.59 bits per heavy atom. The zero-order valence-electron chi connectivity index (χ0n) is 13.5. The molecule has 0 saturated heterocycles. The van der Waals surface area contributed by atoms with Gasteiger partial charge in [0.2, 0.25) is 5.95 Å². The molecule has 0 spiro atoms. The van der Waals surface area contributed by atoms with E-state index < -0.39 is 0 Å². The maximum Gasteiger partial charge on any atom is 0.228 e. The number of aryl methyl sites for hydroxylation is 3. The van der Waals surface area contributed by atoms with Crippen LogP contribution in [0.25, 0.3) is 11.0 Å². The summed E-state index contributed by atoms with van der Waals surface area (Å²) < 4.78 is 0.